The van der Waals surface area contributed by atoms with Gasteiger partial charge in [0.05, 0.1) is 6.61 Å². The minimum absolute atomic E-state index is 0.275. The Bertz CT molecular complexity index is 519. The minimum atomic E-state index is 0.275. The summed E-state index contributed by atoms with van der Waals surface area (Å²) >= 11 is 4.94. The SMILES string of the molecule is CCC1CC(=O)N(CCCOc2cccc(C(N)=S)c2)C1. The van der Waals surface area contributed by atoms with E-state index >= 15 is 0 Å². The largest absolute Gasteiger partial charge is 0.494 e. The summed E-state index contributed by atoms with van der Waals surface area (Å²) in [6, 6.07) is 7.47. The number of nitrogens with two attached hydrogens (primary N) is 1. The van der Waals surface area contributed by atoms with Crippen LogP contribution in [0.3, 0.4) is 0 Å². The number of ether oxygens (including phenoxy) is 1. The molecule has 1 unspecified atom stereocenters. The normalized spacial score (nSPS) is 18.0. The van der Waals surface area contributed by atoms with Gasteiger partial charge in [0.1, 0.15) is 10.7 Å². The van der Waals surface area contributed by atoms with Gasteiger partial charge in [-0.2, -0.15) is 0 Å². The van der Waals surface area contributed by atoms with Gasteiger partial charge in [-0.05, 0) is 24.5 Å². The number of thiocarbonyl (C=S) groups is 1. The van der Waals surface area contributed by atoms with Gasteiger partial charge in [0, 0.05) is 25.1 Å². The summed E-state index contributed by atoms with van der Waals surface area (Å²) in [6.45, 7) is 4.39. The number of carbonyl (C=O) groups is 1. The van der Waals surface area contributed by atoms with Gasteiger partial charge in [0.25, 0.3) is 0 Å². The summed E-state index contributed by atoms with van der Waals surface area (Å²) in [4.78, 5) is 14.1. The molecule has 1 amide bonds. The maximum Gasteiger partial charge on any atom is 0.222 e. The zero-order valence-electron chi connectivity index (χ0n) is 12.4. The fourth-order valence-corrected chi connectivity index (χ4v) is 2.66. The zero-order chi connectivity index (χ0) is 15.2. The van der Waals surface area contributed by atoms with Crippen molar-refractivity contribution in [1.29, 1.82) is 0 Å². The molecule has 0 bridgehead atoms. The third kappa shape index (κ3) is 4.43. The Morgan fingerprint density at radius 1 is 1.52 bits per heavy atom. The van der Waals surface area contributed by atoms with E-state index in [0.29, 0.717) is 23.9 Å². The molecule has 2 rings (SSSR count). The predicted molar refractivity (Wildman–Crippen MR) is 87.4 cm³/mol. The van der Waals surface area contributed by atoms with Crippen LogP contribution in [-0.2, 0) is 4.79 Å². The maximum atomic E-state index is 11.8. The molecule has 1 aliphatic rings. The maximum absolute atomic E-state index is 11.8. The molecule has 1 heterocycles. The second-order valence-electron chi connectivity index (χ2n) is 5.41. The minimum Gasteiger partial charge on any atom is -0.494 e. The second kappa shape index (κ2) is 7.41. The Morgan fingerprint density at radius 2 is 2.33 bits per heavy atom. The van der Waals surface area contributed by atoms with E-state index in [2.05, 4.69) is 6.92 Å². The van der Waals surface area contributed by atoms with Gasteiger partial charge in [0.2, 0.25) is 5.91 Å². The van der Waals surface area contributed by atoms with E-state index in [0.717, 1.165) is 37.2 Å². The van der Waals surface area contributed by atoms with Crippen LogP contribution in [0.15, 0.2) is 24.3 Å². The number of hydrogen-bond acceptors (Lipinski definition) is 3. The highest BCUT2D eigenvalue weighted by molar-refractivity contribution is 7.80. The number of likely N-dealkylation sites (tertiary alicyclic amines) is 1. The molecule has 1 aromatic rings. The van der Waals surface area contributed by atoms with Gasteiger partial charge in [-0.1, -0.05) is 37.7 Å². The van der Waals surface area contributed by atoms with Gasteiger partial charge in [-0.3, -0.25) is 4.79 Å². The van der Waals surface area contributed by atoms with Crippen LogP contribution in [0.2, 0.25) is 0 Å². The van der Waals surface area contributed by atoms with E-state index in [9.17, 15) is 4.79 Å². The molecule has 2 N–H and O–H groups in total. The molecule has 4 nitrogen and oxygen atoms in total. The van der Waals surface area contributed by atoms with Crippen LogP contribution in [0.4, 0.5) is 0 Å². The predicted octanol–water partition coefficient (Wildman–Crippen LogP) is 2.35. The molecule has 0 saturated carbocycles. The van der Waals surface area contributed by atoms with Crippen molar-refractivity contribution in [3.63, 3.8) is 0 Å². The third-order valence-electron chi connectivity index (χ3n) is 3.83. The molecule has 1 fully saturated rings. The van der Waals surface area contributed by atoms with Gasteiger partial charge in [0.15, 0.2) is 0 Å². The average Bonchev–Trinajstić information content (AvgIpc) is 2.84. The summed E-state index contributed by atoms with van der Waals surface area (Å²) in [5, 5.41) is 0. The van der Waals surface area contributed by atoms with E-state index < -0.39 is 0 Å². The molecule has 21 heavy (non-hydrogen) atoms. The van der Waals surface area contributed by atoms with Crippen molar-refractivity contribution in [3.05, 3.63) is 29.8 Å². The first-order valence-electron chi connectivity index (χ1n) is 7.40. The molecule has 5 heteroatoms. The lowest BCUT2D eigenvalue weighted by atomic mass is 10.1. The number of benzene rings is 1. The fraction of sp³-hybridized carbons (Fsp3) is 0.500. The second-order valence-corrected chi connectivity index (χ2v) is 5.85. The van der Waals surface area contributed by atoms with Gasteiger partial charge >= 0.3 is 0 Å². The van der Waals surface area contributed by atoms with Crippen LogP contribution < -0.4 is 10.5 Å². The highest BCUT2D eigenvalue weighted by Gasteiger charge is 2.27. The molecule has 0 radical (unpaired) electrons. The third-order valence-corrected chi connectivity index (χ3v) is 4.07. The van der Waals surface area contributed by atoms with Crippen molar-refractivity contribution in [2.75, 3.05) is 19.7 Å². The fourth-order valence-electron chi connectivity index (χ4n) is 2.53. The monoisotopic (exact) mass is 306 g/mol. The lowest BCUT2D eigenvalue weighted by molar-refractivity contribution is -0.127. The van der Waals surface area contributed by atoms with Gasteiger partial charge in [-0.15, -0.1) is 0 Å². The number of carbonyl (C=O) groups excluding carboxylic acids is 1. The molecule has 1 aromatic carbocycles. The molecule has 1 saturated heterocycles. The van der Waals surface area contributed by atoms with Crippen LogP contribution in [-0.4, -0.2) is 35.5 Å². The highest BCUT2D eigenvalue weighted by atomic mass is 32.1. The molecule has 0 spiro atoms. The zero-order valence-corrected chi connectivity index (χ0v) is 13.2. The van der Waals surface area contributed by atoms with E-state index in [1.54, 1.807) is 0 Å². The van der Waals surface area contributed by atoms with Gasteiger partial charge in [-0.25, -0.2) is 0 Å². The summed E-state index contributed by atoms with van der Waals surface area (Å²) in [6.07, 6.45) is 2.61. The average molecular weight is 306 g/mol. The number of nitrogens with zero attached hydrogens (tertiary/aromatic N) is 1. The van der Waals surface area contributed by atoms with E-state index in [1.807, 2.05) is 29.2 Å². The van der Waals surface area contributed by atoms with Crippen molar-refractivity contribution in [1.82, 2.24) is 4.90 Å². The van der Waals surface area contributed by atoms with Crippen molar-refractivity contribution in [2.45, 2.75) is 26.2 Å². The topological polar surface area (TPSA) is 55.6 Å². The molecule has 0 aliphatic carbocycles. The lowest BCUT2D eigenvalue weighted by Crippen LogP contribution is -2.27. The van der Waals surface area contributed by atoms with Crippen LogP contribution in [0.5, 0.6) is 5.75 Å². The Morgan fingerprint density at radius 3 is 3.00 bits per heavy atom. The van der Waals surface area contributed by atoms with Crippen molar-refractivity contribution in [2.24, 2.45) is 11.7 Å². The number of hydrogen-bond donors (Lipinski definition) is 1. The van der Waals surface area contributed by atoms with Crippen molar-refractivity contribution >= 4 is 23.1 Å². The summed E-state index contributed by atoms with van der Waals surface area (Å²) in [5.74, 6) is 1.57. The first-order chi connectivity index (χ1) is 10.1. The molecular formula is C16H22N2O2S. The van der Waals surface area contributed by atoms with E-state index in [1.165, 1.54) is 0 Å². The molecule has 1 aliphatic heterocycles. The van der Waals surface area contributed by atoms with Crippen LogP contribution in [0, 0.1) is 5.92 Å². The summed E-state index contributed by atoms with van der Waals surface area (Å²) < 4.78 is 5.69. The first-order valence-corrected chi connectivity index (χ1v) is 7.81. The Kier molecular flexibility index (Phi) is 5.56. The summed E-state index contributed by atoms with van der Waals surface area (Å²) in [5.41, 5.74) is 6.40. The van der Waals surface area contributed by atoms with Gasteiger partial charge < -0.3 is 15.4 Å². The van der Waals surface area contributed by atoms with E-state index in [4.69, 9.17) is 22.7 Å². The quantitative estimate of drug-likeness (QED) is 0.620. The molecule has 1 atom stereocenters. The van der Waals surface area contributed by atoms with E-state index in [-0.39, 0.29) is 5.91 Å². The molecular weight excluding hydrogens is 284 g/mol. The standard InChI is InChI=1S/C16H22N2O2S/c1-2-12-9-15(19)18(11-12)7-4-8-20-14-6-3-5-13(10-14)16(17)21/h3,5-6,10,12H,2,4,7-9,11H2,1H3,(H2,17,21). The Balaban J connectivity index is 1.74. The van der Waals surface area contributed by atoms with Crippen LogP contribution in [0.25, 0.3) is 0 Å². The van der Waals surface area contributed by atoms with Crippen molar-refractivity contribution < 1.29 is 9.53 Å². The smallest absolute Gasteiger partial charge is 0.222 e. The van der Waals surface area contributed by atoms with Crippen LogP contribution in [0.1, 0.15) is 31.7 Å². The highest BCUT2D eigenvalue weighted by Crippen LogP contribution is 2.20. The number of rotatable bonds is 7. The molecule has 0 aromatic heterocycles. The Hall–Kier alpha value is -1.62. The van der Waals surface area contributed by atoms with Crippen LogP contribution >= 0.6 is 12.2 Å². The Labute approximate surface area is 131 Å². The number of amides is 1. The first kappa shape index (κ1) is 15.8. The lowest BCUT2D eigenvalue weighted by Gasteiger charge is -2.16. The summed E-state index contributed by atoms with van der Waals surface area (Å²) in [7, 11) is 0. The molecule has 114 valence electrons. The van der Waals surface area contributed by atoms with Crippen molar-refractivity contribution in [3.8, 4) is 5.75 Å².